The highest BCUT2D eigenvalue weighted by molar-refractivity contribution is 8.01. The van der Waals surface area contributed by atoms with Crippen LogP contribution in [0.15, 0.2) is 24.3 Å². The van der Waals surface area contributed by atoms with Gasteiger partial charge in [-0.15, -0.1) is 11.8 Å². The van der Waals surface area contributed by atoms with Gasteiger partial charge in [0, 0.05) is 20.8 Å². The highest BCUT2D eigenvalue weighted by Crippen LogP contribution is 2.29. The van der Waals surface area contributed by atoms with Crippen molar-refractivity contribution >= 4 is 17.7 Å². The summed E-state index contributed by atoms with van der Waals surface area (Å²) >= 11 is 1.54. The maximum absolute atomic E-state index is 12.0. The van der Waals surface area contributed by atoms with Crippen LogP contribution >= 0.6 is 11.8 Å². The van der Waals surface area contributed by atoms with Crippen LogP contribution in [0, 0.1) is 0 Å². The lowest BCUT2D eigenvalue weighted by atomic mass is 10.1. The predicted octanol–water partition coefficient (Wildman–Crippen LogP) is 1.46. The Balaban J connectivity index is 1.98. The number of ether oxygens (including phenoxy) is 2. The smallest absolute Gasteiger partial charge is 0.233 e. The van der Waals surface area contributed by atoms with Gasteiger partial charge in [0.1, 0.15) is 11.1 Å². The van der Waals surface area contributed by atoms with E-state index < -0.39 is 6.29 Å². The van der Waals surface area contributed by atoms with Gasteiger partial charge < -0.3 is 19.5 Å². The second-order valence-electron chi connectivity index (χ2n) is 4.54. The first-order chi connectivity index (χ1) is 9.65. The van der Waals surface area contributed by atoms with Crippen LogP contribution in [0.4, 0.5) is 0 Å². The summed E-state index contributed by atoms with van der Waals surface area (Å²) in [5.74, 6) is 0.819. The molecule has 0 spiro atoms. The third-order valence-electron chi connectivity index (χ3n) is 3.28. The zero-order valence-corrected chi connectivity index (χ0v) is 12.4. The molecular weight excluding hydrogens is 278 g/mol. The highest BCUT2D eigenvalue weighted by atomic mass is 32.2. The molecule has 1 aliphatic rings. The molecule has 0 radical (unpaired) electrons. The van der Waals surface area contributed by atoms with Crippen molar-refractivity contribution in [2.45, 2.75) is 18.1 Å². The molecule has 1 aromatic carbocycles. The van der Waals surface area contributed by atoms with Crippen LogP contribution in [0.25, 0.3) is 0 Å². The lowest BCUT2D eigenvalue weighted by molar-refractivity contribution is -0.145. The summed E-state index contributed by atoms with van der Waals surface area (Å²) in [7, 11) is 3.16. The van der Waals surface area contributed by atoms with Crippen LogP contribution in [-0.4, -0.2) is 54.1 Å². The van der Waals surface area contributed by atoms with Gasteiger partial charge in [-0.05, 0) is 24.1 Å². The van der Waals surface area contributed by atoms with E-state index in [0.717, 1.165) is 12.0 Å². The Morgan fingerprint density at radius 2 is 2.00 bits per heavy atom. The predicted molar refractivity (Wildman–Crippen MR) is 77.6 cm³/mol. The Morgan fingerprint density at radius 3 is 2.60 bits per heavy atom. The van der Waals surface area contributed by atoms with E-state index in [2.05, 4.69) is 0 Å². The molecule has 1 aliphatic heterocycles. The number of phenols is 1. The molecule has 5 nitrogen and oxygen atoms in total. The topological polar surface area (TPSA) is 59.0 Å². The van der Waals surface area contributed by atoms with E-state index in [1.54, 1.807) is 31.3 Å². The summed E-state index contributed by atoms with van der Waals surface area (Å²) in [6, 6.07) is 7.03. The summed E-state index contributed by atoms with van der Waals surface area (Å²) in [6.07, 6.45) is 0.328. The van der Waals surface area contributed by atoms with Crippen molar-refractivity contribution in [3.63, 3.8) is 0 Å². The molecule has 0 saturated carbocycles. The van der Waals surface area contributed by atoms with E-state index >= 15 is 0 Å². The van der Waals surface area contributed by atoms with E-state index in [1.807, 2.05) is 12.1 Å². The molecule has 0 aliphatic carbocycles. The minimum atomic E-state index is -0.411. The Bertz CT molecular complexity index is 447. The van der Waals surface area contributed by atoms with Crippen molar-refractivity contribution in [2.75, 3.05) is 26.5 Å². The largest absolute Gasteiger partial charge is 0.508 e. The molecule has 20 heavy (non-hydrogen) atoms. The molecule has 1 saturated heterocycles. The number of hydrogen-bond donors (Lipinski definition) is 1. The summed E-state index contributed by atoms with van der Waals surface area (Å²) in [4.78, 5) is 13.8. The summed E-state index contributed by atoms with van der Waals surface area (Å²) < 4.78 is 10.5. The van der Waals surface area contributed by atoms with Crippen LogP contribution in [0.1, 0.15) is 5.56 Å². The summed E-state index contributed by atoms with van der Waals surface area (Å²) in [6.45, 7) is 0.616. The molecular formula is C14H19NO4S. The van der Waals surface area contributed by atoms with Crippen LogP contribution in [0.5, 0.6) is 5.75 Å². The molecule has 1 unspecified atom stereocenters. The first-order valence-corrected chi connectivity index (χ1v) is 7.45. The number of carbonyl (C=O) groups is 1. The molecule has 110 valence electrons. The van der Waals surface area contributed by atoms with Crippen molar-refractivity contribution in [2.24, 2.45) is 0 Å². The molecule has 1 fully saturated rings. The molecule has 0 aromatic heterocycles. The van der Waals surface area contributed by atoms with Gasteiger partial charge in [0.15, 0.2) is 6.29 Å². The number of aromatic hydroxyl groups is 1. The van der Waals surface area contributed by atoms with Gasteiger partial charge in [0.25, 0.3) is 0 Å². The van der Waals surface area contributed by atoms with Crippen LogP contribution in [-0.2, 0) is 20.7 Å². The van der Waals surface area contributed by atoms with Crippen molar-refractivity contribution in [3.8, 4) is 5.75 Å². The fraction of sp³-hybridized carbons (Fsp3) is 0.500. The number of benzene rings is 1. The maximum atomic E-state index is 12.0. The molecule has 2 rings (SSSR count). The van der Waals surface area contributed by atoms with Crippen molar-refractivity contribution in [3.05, 3.63) is 29.8 Å². The third kappa shape index (κ3) is 3.45. The van der Waals surface area contributed by atoms with Gasteiger partial charge in [-0.1, -0.05) is 12.1 Å². The maximum Gasteiger partial charge on any atom is 0.233 e. The average molecular weight is 297 g/mol. The molecule has 1 N–H and O–H groups in total. The zero-order chi connectivity index (χ0) is 14.5. The summed E-state index contributed by atoms with van der Waals surface area (Å²) in [5, 5.41) is 9.15. The Labute approximate surface area is 122 Å². The first-order valence-electron chi connectivity index (χ1n) is 6.40. The summed E-state index contributed by atoms with van der Waals surface area (Å²) in [5.41, 5.74) is 1.08. The van der Waals surface area contributed by atoms with Crippen molar-refractivity contribution in [1.82, 2.24) is 4.90 Å². The van der Waals surface area contributed by atoms with E-state index in [-0.39, 0.29) is 17.0 Å². The Kier molecular flexibility index (Phi) is 5.28. The fourth-order valence-corrected chi connectivity index (χ4v) is 3.45. The Hall–Kier alpha value is -1.24. The normalized spacial score (nSPS) is 19.1. The number of nitrogens with zero attached hydrogens (tertiary/aromatic N) is 1. The zero-order valence-electron chi connectivity index (χ0n) is 11.6. The van der Waals surface area contributed by atoms with E-state index in [1.165, 1.54) is 11.8 Å². The van der Waals surface area contributed by atoms with Crippen molar-refractivity contribution in [1.29, 1.82) is 0 Å². The number of methoxy groups -OCH3 is 2. The second kappa shape index (κ2) is 6.97. The Morgan fingerprint density at radius 1 is 1.35 bits per heavy atom. The van der Waals surface area contributed by atoms with Crippen LogP contribution in [0.2, 0.25) is 0 Å². The van der Waals surface area contributed by atoms with Gasteiger partial charge in [0.05, 0.1) is 5.75 Å². The number of thioether (sulfide) groups is 1. The van der Waals surface area contributed by atoms with Gasteiger partial charge in [-0.2, -0.15) is 0 Å². The molecule has 1 aromatic rings. The van der Waals surface area contributed by atoms with E-state index in [9.17, 15) is 9.90 Å². The fourth-order valence-electron chi connectivity index (χ4n) is 2.19. The lowest BCUT2D eigenvalue weighted by Crippen LogP contribution is -2.42. The third-order valence-corrected chi connectivity index (χ3v) is 4.51. The molecule has 0 bridgehead atoms. The van der Waals surface area contributed by atoms with Gasteiger partial charge in [0.2, 0.25) is 5.91 Å². The SMILES string of the molecule is COC(OC)C1SCC(=O)N1CCc1ccc(O)cc1. The second-order valence-corrected chi connectivity index (χ2v) is 5.65. The first kappa shape index (κ1) is 15.2. The number of phenolic OH excluding ortho intramolecular Hbond substituents is 1. The van der Waals surface area contributed by atoms with Crippen LogP contribution in [0.3, 0.4) is 0 Å². The molecule has 1 heterocycles. The highest BCUT2D eigenvalue weighted by Gasteiger charge is 2.37. The van der Waals surface area contributed by atoms with Gasteiger partial charge in [-0.3, -0.25) is 4.79 Å². The quantitative estimate of drug-likeness (QED) is 0.806. The van der Waals surface area contributed by atoms with E-state index in [4.69, 9.17) is 9.47 Å². The van der Waals surface area contributed by atoms with Crippen molar-refractivity contribution < 1.29 is 19.4 Å². The monoisotopic (exact) mass is 297 g/mol. The minimum absolute atomic E-state index is 0.102. The van der Waals surface area contributed by atoms with E-state index in [0.29, 0.717) is 12.3 Å². The van der Waals surface area contributed by atoms with Gasteiger partial charge in [-0.25, -0.2) is 0 Å². The molecule has 6 heteroatoms. The molecule has 1 atom stereocenters. The average Bonchev–Trinajstić information content (AvgIpc) is 2.81. The molecule has 1 amide bonds. The number of hydrogen-bond acceptors (Lipinski definition) is 5. The van der Waals surface area contributed by atoms with Crippen LogP contribution < -0.4 is 0 Å². The van der Waals surface area contributed by atoms with Gasteiger partial charge >= 0.3 is 0 Å². The minimum Gasteiger partial charge on any atom is -0.508 e. The standard InChI is InChI=1S/C14H19NO4S/c1-18-14(19-2)13-15(12(17)9-20-13)8-7-10-3-5-11(16)6-4-10/h3-6,13-14,16H,7-9H2,1-2H3. The number of carbonyl (C=O) groups excluding carboxylic acids is 1. The number of amides is 1. The lowest BCUT2D eigenvalue weighted by Gasteiger charge is -2.28. The number of rotatable bonds is 6.